The Bertz CT molecular complexity index is 1310. The van der Waals surface area contributed by atoms with Gasteiger partial charge in [-0.1, -0.05) is 12.1 Å². The van der Waals surface area contributed by atoms with E-state index in [4.69, 9.17) is 4.74 Å². The lowest BCUT2D eigenvalue weighted by atomic mass is 9.90. The average molecular weight is 512 g/mol. The van der Waals surface area contributed by atoms with E-state index in [1.54, 1.807) is 7.05 Å². The van der Waals surface area contributed by atoms with Gasteiger partial charge in [0.1, 0.15) is 0 Å². The molecule has 3 aromatic rings. The topological polar surface area (TPSA) is 88.6 Å². The molecule has 1 atom stereocenters. The number of nitrogens with zero attached hydrogens (tertiary/aromatic N) is 2. The largest absolute Gasteiger partial charge is 0.377 e. The number of ether oxygens (including phenoxy) is 1. The molecule has 0 radical (unpaired) electrons. The minimum Gasteiger partial charge on any atom is -0.377 e. The van der Waals surface area contributed by atoms with Gasteiger partial charge in [0.25, 0.3) is 5.91 Å². The summed E-state index contributed by atoms with van der Waals surface area (Å²) in [4.78, 5) is 17.5. The first-order valence-electron chi connectivity index (χ1n) is 12.0. The molecule has 0 bridgehead atoms. The molecule has 7 nitrogen and oxygen atoms in total. The second kappa shape index (κ2) is 10.2. The highest BCUT2D eigenvalue weighted by molar-refractivity contribution is 7.89. The Morgan fingerprint density at radius 2 is 1.89 bits per heavy atom. The number of aromatic nitrogens is 1. The summed E-state index contributed by atoms with van der Waals surface area (Å²) < 4.78 is 32.6. The van der Waals surface area contributed by atoms with Gasteiger partial charge in [-0.15, -0.1) is 11.3 Å². The van der Waals surface area contributed by atoms with Crippen LogP contribution in [0.15, 0.2) is 52.7 Å². The van der Waals surface area contributed by atoms with Crippen molar-refractivity contribution in [2.24, 2.45) is 0 Å². The first-order valence-corrected chi connectivity index (χ1v) is 14.3. The predicted molar refractivity (Wildman–Crippen MR) is 137 cm³/mol. The molecule has 5 rings (SSSR count). The van der Waals surface area contributed by atoms with Crippen LogP contribution in [0.3, 0.4) is 0 Å². The second-order valence-corrected chi connectivity index (χ2v) is 12.0. The summed E-state index contributed by atoms with van der Waals surface area (Å²) in [5, 5.41) is 5.29. The number of hydrogen-bond donors (Lipinski definition) is 1. The third kappa shape index (κ3) is 5.33. The fraction of sp³-hybridized carbons (Fsp3) is 0.385. The molecule has 2 heterocycles. The summed E-state index contributed by atoms with van der Waals surface area (Å²) >= 11 is 1.37. The zero-order valence-corrected chi connectivity index (χ0v) is 21.3. The lowest BCUT2D eigenvalue weighted by Gasteiger charge is -2.20. The van der Waals surface area contributed by atoms with E-state index in [0.29, 0.717) is 23.8 Å². The van der Waals surface area contributed by atoms with E-state index >= 15 is 0 Å². The molecular weight excluding hydrogens is 482 g/mol. The van der Waals surface area contributed by atoms with Crippen LogP contribution in [0.25, 0.3) is 11.3 Å². The lowest BCUT2D eigenvalue weighted by molar-refractivity contribution is 0.0979. The maximum absolute atomic E-state index is 12.9. The van der Waals surface area contributed by atoms with E-state index in [2.05, 4.69) is 28.5 Å². The number of fused-ring (bicyclic) bond motifs is 1. The van der Waals surface area contributed by atoms with Crippen LogP contribution in [-0.2, 0) is 27.6 Å². The molecule has 1 aliphatic carbocycles. The van der Waals surface area contributed by atoms with Crippen molar-refractivity contribution in [2.75, 3.05) is 25.5 Å². The molecule has 1 saturated heterocycles. The minimum atomic E-state index is -3.65. The van der Waals surface area contributed by atoms with Crippen molar-refractivity contribution in [1.29, 1.82) is 0 Å². The Kier molecular flexibility index (Phi) is 7.02. The van der Waals surface area contributed by atoms with Crippen LogP contribution in [0.1, 0.15) is 47.2 Å². The fourth-order valence-corrected chi connectivity index (χ4v) is 6.57. The van der Waals surface area contributed by atoms with Gasteiger partial charge in [-0.25, -0.2) is 13.4 Å². The number of aryl methyl sites for hydroxylation is 2. The SMILES string of the molecule is CN(CC1CCCO1)S(=O)(=O)c1ccc(C(=O)Nc2nc(-c3ccc4c(c3)CCCC4)cs2)cc1. The van der Waals surface area contributed by atoms with Crippen molar-refractivity contribution in [3.05, 3.63) is 64.5 Å². The third-order valence-electron chi connectivity index (χ3n) is 6.68. The van der Waals surface area contributed by atoms with E-state index in [1.165, 1.54) is 63.9 Å². The number of thiazole rings is 1. The van der Waals surface area contributed by atoms with Crippen molar-refractivity contribution in [3.63, 3.8) is 0 Å². The highest BCUT2D eigenvalue weighted by Gasteiger charge is 2.26. The summed E-state index contributed by atoms with van der Waals surface area (Å²) in [5.41, 5.74) is 5.09. The minimum absolute atomic E-state index is 0.0654. The number of sulfonamides is 1. The number of benzene rings is 2. The van der Waals surface area contributed by atoms with E-state index in [-0.39, 0.29) is 16.9 Å². The molecule has 1 aliphatic heterocycles. The molecule has 1 unspecified atom stereocenters. The molecule has 1 amide bonds. The number of rotatable bonds is 7. The van der Waals surface area contributed by atoms with Crippen LogP contribution < -0.4 is 5.32 Å². The van der Waals surface area contributed by atoms with Gasteiger partial charge in [-0.2, -0.15) is 4.31 Å². The van der Waals surface area contributed by atoms with Crippen LogP contribution >= 0.6 is 11.3 Å². The monoisotopic (exact) mass is 511 g/mol. The number of hydrogen-bond acceptors (Lipinski definition) is 6. The molecule has 1 fully saturated rings. The van der Waals surface area contributed by atoms with E-state index in [9.17, 15) is 13.2 Å². The van der Waals surface area contributed by atoms with Crippen LogP contribution in [0.2, 0.25) is 0 Å². The lowest BCUT2D eigenvalue weighted by Crippen LogP contribution is -2.34. The number of likely N-dealkylation sites (N-methyl/N-ethyl adjacent to an activating group) is 1. The molecule has 0 saturated carbocycles. The summed E-state index contributed by atoms with van der Waals surface area (Å²) in [6, 6.07) is 12.5. The predicted octanol–water partition coefficient (Wildman–Crippen LogP) is 4.74. The van der Waals surface area contributed by atoms with Crippen molar-refractivity contribution in [2.45, 2.75) is 49.5 Å². The summed E-state index contributed by atoms with van der Waals surface area (Å²) in [5.74, 6) is -0.326. The molecular formula is C26H29N3O4S2. The Labute approximate surface area is 210 Å². The zero-order valence-electron chi connectivity index (χ0n) is 19.7. The van der Waals surface area contributed by atoms with Gasteiger partial charge in [0.15, 0.2) is 5.13 Å². The number of carbonyl (C=O) groups is 1. The third-order valence-corrected chi connectivity index (χ3v) is 9.27. The molecule has 0 spiro atoms. The number of anilines is 1. The van der Waals surface area contributed by atoms with Crippen LogP contribution in [-0.4, -0.2) is 49.9 Å². The normalized spacial score (nSPS) is 17.9. The maximum atomic E-state index is 12.9. The van der Waals surface area contributed by atoms with Crippen LogP contribution in [0.5, 0.6) is 0 Å². The van der Waals surface area contributed by atoms with Gasteiger partial charge < -0.3 is 4.74 Å². The summed E-state index contributed by atoms with van der Waals surface area (Å²) in [6.45, 7) is 0.997. The Hall–Kier alpha value is -2.59. The molecule has 9 heteroatoms. The van der Waals surface area contributed by atoms with Crippen LogP contribution in [0, 0.1) is 0 Å². The smallest absolute Gasteiger partial charge is 0.257 e. The van der Waals surface area contributed by atoms with Crippen molar-refractivity contribution in [3.8, 4) is 11.3 Å². The molecule has 2 aliphatic rings. The molecule has 1 N–H and O–H groups in total. The standard InChI is InChI=1S/C26H29N3O4S2/c1-29(16-22-7-4-14-33-22)35(31,32)23-12-10-19(11-13-23)25(30)28-26-27-24(17-34-26)21-9-8-18-5-2-3-6-20(18)15-21/h8-13,15,17,22H,2-7,14,16H2,1H3,(H,27,28,30). The Morgan fingerprint density at radius 3 is 2.63 bits per heavy atom. The number of amides is 1. The van der Waals surface area contributed by atoms with Crippen LogP contribution in [0.4, 0.5) is 5.13 Å². The van der Waals surface area contributed by atoms with E-state index in [0.717, 1.165) is 36.9 Å². The van der Waals surface area contributed by atoms with Crippen molar-refractivity contribution >= 4 is 32.4 Å². The highest BCUT2D eigenvalue weighted by Crippen LogP contribution is 2.30. The Morgan fingerprint density at radius 1 is 1.11 bits per heavy atom. The molecule has 35 heavy (non-hydrogen) atoms. The summed E-state index contributed by atoms with van der Waals surface area (Å²) in [7, 11) is -2.09. The summed E-state index contributed by atoms with van der Waals surface area (Å²) in [6.07, 6.45) is 6.47. The zero-order chi connectivity index (χ0) is 24.4. The van der Waals surface area contributed by atoms with Gasteiger partial charge in [-0.3, -0.25) is 10.1 Å². The Balaban J connectivity index is 1.24. The number of nitrogens with one attached hydrogen (secondary N) is 1. The van der Waals surface area contributed by atoms with Gasteiger partial charge in [0.05, 0.1) is 16.7 Å². The van der Waals surface area contributed by atoms with Gasteiger partial charge in [-0.05, 0) is 80.0 Å². The fourth-order valence-electron chi connectivity index (χ4n) is 4.66. The van der Waals surface area contributed by atoms with E-state index < -0.39 is 10.0 Å². The molecule has 2 aromatic carbocycles. The number of carbonyl (C=O) groups excluding carboxylic acids is 1. The van der Waals surface area contributed by atoms with Gasteiger partial charge in [0, 0.05) is 36.7 Å². The quantitative estimate of drug-likeness (QED) is 0.495. The van der Waals surface area contributed by atoms with Gasteiger partial charge in [0.2, 0.25) is 10.0 Å². The average Bonchev–Trinajstić information content (AvgIpc) is 3.56. The molecule has 1 aromatic heterocycles. The second-order valence-electron chi connectivity index (χ2n) is 9.13. The van der Waals surface area contributed by atoms with Crippen molar-refractivity contribution < 1.29 is 17.9 Å². The van der Waals surface area contributed by atoms with E-state index in [1.807, 2.05) is 5.38 Å². The van der Waals surface area contributed by atoms with Crippen molar-refractivity contribution in [1.82, 2.24) is 9.29 Å². The first-order chi connectivity index (χ1) is 16.9. The molecule has 184 valence electrons. The first kappa shape index (κ1) is 24.1. The van der Waals surface area contributed by atoms with Gasteiger partial charge >= 0.3 is 0 Å². The highest BCUT2D eigenvalue weighted by atomic mass is 32.2. The maximum Gasteiger partial charge on any atom is 0.257 e.